The minimum atomic E-state index is -1.87. The van der Waals surface area contributed by atoms with Crippen LogP contribution in [0.2, 0.25) is 0 Å². The Bertz CT molecular complexity index is 1140. The summed E-state index contributed by atoms with van der Waals surface area (Å²) in [4.78, 5) is 0. The molecule has 20 heteroatoms. The summed E-state index contributed by atoms with van der Waals surface area (Å²) in [5.41, 5.74) is 0. The van der Waals surface area contributed by atoms with Crippen molar-refractivity contribution in [3.05, 3.63) is 0 Å². The molecule has 4 saturated heterocycles. The molecule has 21 atom stereocenters. The molecule has 53 heavy (non-hydrogen) atoms. The predicted molar refractivity (Wildman–Crippen MR) is 171 cm³/mol. The van der Waals surface area contributed by atoms with Gasteiger partial charge in [0, 0.05) is 18.8 Å². The predicted octanol–water partition coefficient (Wildman–Crippen LogP) is -6.83. The fourth-order valence-corrected chi connectivity index (χ4v) is 8.78. The molecule has 308 valence electrons. The maximum atomic E-state index is 11.3. The molecular formula is C33H57O20+. The van der Waals surface area contributed by atoms with Gasteiger partial charge in [-0.1, -0.05) is 0 Å². The molecule has 2 saturated carbocycles. The molecule has 0 radical (unpaired) electrons. The van der Waals surface area contributed by atoms with E-state index in [-0.39, 0.29) is 25.2 Å². The lowest BCUT2D eigenvalue weighted by Gasteiger charge is -2.50. The van der Waals surface area contributed by atoms with E-state index in [0.717, 1.165) is 0 Å². The maximum Gasteiger partial charge on any atom is 0.187 e. The molecule has 2 aliphatic carbocycles. The Balaban J connectivity index is 1.27. The highest BCUT2D eigenvalue weighted by Crippen LogP contribution is 2.44. The van der Waals surface area contributed by atoms with E-state index in [2.05, 4.69) is 0 Å². The zero-order valence-electron chi connectivity index (χ0n) is 29.1. The van der Waals surface area contributed by atoms with E-state index in [1.807, 2.05) is 0 Å². The molecule has 6 fully saturated rings. The molecule has 0 amide bonds. The van der Waals surface area contributed by atoms with Gasteiger partial charge in [0.05, 0.1) is 44.1 Å². The van der Waals surface area contributed by atoms with Gasteiger partial charge in [0.15, 0.2) is 31.1 Å². The topological polar surface area (TPSA) is 331 Å². The van der Waals surface area contributed by atoms with Crippen molar-refractivity contribution >= 4 is 0 Å². The van der Waals surface area contributed by atoms with Gasteiger partial charge >= 0.3 is 0 Å². The average Bonchev–Trinajstić information content (AvgIpc) is 3.14. The Morgan fingerprint density at radius 3 is 1.51 bits per heavy atom. The van der Waals surface area contributed by atoms with Crippen LogP contribution in [0.25, 0.3) is 0 Å². The van der Waals surface area contributed by atoms with Crippen LogP contribution >= 0.6 is 0 Å². The molecule has 0 bridgehead atoms. The first-order valence-corrected chi connectivity index (χ1v) is 18.5. The fraction of sp³-hybridized carbons (Fsp3) is 1.00. The molecule has 6 aliphatic rings. The van der Waals surface area contributed by atoms with Gasteiger partial charge in [0.2, 0.25) is 0 Å². The summed E-state index contributed by atoms with van der Waals surface area (Å²) in [7, 11) is 0. The first kappa shape index (κ1) is 41.8. The lowest BCUT2D eigenvalue weighted by atomic mass is 9.73. The fourth-order valence-electron chi connectivity index (χ4n) is 8.78. The van der Waals surface area contributed by atoms with Crippen LogP contribution in [0.1, 0.15) is 44.9 Å². The van der Waals surface area contributed by atoms with E-state index in [4.69, 9.17) is 33.2 Å². The van der Waals surface area contributed by atoms with E-state index >= 15 is 0 Å². The third kappa shape index (κ3) is 8.72. The van der Waals surface area contributed by atoms with E-state index in [1.165, 1.54) is 0 Å². The SMILES string of the molecule is OCC1OC(OC2CC(O)CC3[OH+]C(C4CCC(O)CC4)C(OC4OC(CO)C(O)C(O)C4OC4OC(CO)C(O)C(O)C4O)CC23)C(O)C(O)C1O. The summed E-state index contributed by atoms with van der Waals surface area (Å²) in [6.07, 6.45) is -25.7. The Morgan fingerprint density at radius 2 is 0.962 bits per heavy atom. The van der Waals surface area contributed by atoms with Crippen molar-refractivity contribution in [3.63, 3.8) is 0 Å². The van der Waals surface area contributed by atoms with E-state index in [9.17, 15) is 66.4 Å². The molecular weight excluding hydrogens is 716 g/mol. The molecule has 4 heterocycles. The summed E-state index contributed by atoms with van der Waals surface area (Å²) < 4.78 is 40.8. The summed E-state index contributed by atoms with van der Waals surface area (Å²) in [5, 5.41) is 135. The minimum absolute atomic E-state index is 0.0684. The lowest BCUT2D eigenvalue weighted by molar-refractivity contribution is -0.389. The average molecular weight is 774 g/mol. The van der Waals surface area contributed by atoms with Crippen LogP contribution in [-0.2, 0) is 28.4 Å². The Kier molecular flexibility index (Phi) is 14.0. The number of hydrogen-bond acceptors (Lipinski definition) is 19. The number of hydrogen-bond donors (Lipinski definition) is 13. The second-order valence-corrected chi connectivity index (χ2v) is 15.4. The number of aliphatic hydroxyl groups excluding tert-OH is 13. The Labute approximate surface area is 305 Å². The zero-order chi connectivity index (χ0) is 38.3. The van der Waals surface area contributed by atoms with Gasteiger partial charge in [-0.2, -0.15) is 0 Å². The van der Waals surface area contributed by atoms with Gasteiger partial charge in [0.25, 0.3) is 0 Å². The quantitative estimate of drug-likeness (QED) is 0.0918. The monoisotopic (exact) mass is 773 g/mol. The molecule has 0 aromatic heterocycles. The van der Waals surface area contributed by atoms with Gasteiger partial charge < -0.3 is 99.5 Å². The number of fused-ring (bicyclic) bond motifs is 1. The standard InChI is InChI=1S/C33H56O20/c34-8-18-21(39)24(42)27(45)31(50-18)48-16-6-13(38)5-15-14(16)7-17(29(47-15)11-1-3-12(37)4-2-11)49-33-30(26(44)23(41)20(10-36)52-33)53-32-28(46)25(43)22(40)19(9-35)51-32/h11-46H,1-10H2/p+1. The van der Waals surface area contributed by atoms with Crippen LogP contribution in [0.5, 0.6) is 0 Å². The largest absolute Gasteiger partial charge is 0.427 e. The second kappa shape index (κ2) is 17.8. The summed E-state index contributed by atoms with van der Waals surface area (Å²) in [6.45, 7) is -2.16. The molecule has 0 spiro atoms. The minimum Gasteiger partial charge on any atom is -0.427 e. The highest BCUT2D eigenvalue weighted by atomic mass is 16.8. The third-order valence-corrected chi connectivity index (χ3v) is 11.9. The van der Waals surface area contributed by atoms with Crippen LogP contribution in [0, 0.1) is 11.8 Å². The van der Waals surface area contributed by atoms with Crippen molar-refractivity contribution in [3.8, 4) is 0 Å². The summed E-state index contributed by atoms with van der Waals surface area (Å²) >= 11 is 0. The highest BCUT2D eigenvalue weighted by molar-refractivity contribution is 5.00. The van der Waals surface area contributed by atoms with Gasteiger partial charge in [0.1, 0.15) is 79.4 Å². The molecule has 14 N–H and O–H groups in total. The van der Waals surface area contributed by atoms with E-state index in [0.29, 0.717) is 25.7 Å². The molecule has 20 nitrogen and oxygen atoms in total. The van der Waals surface area contributed by atoms with Crippen molar-refractivity contribution in [1.82, 2.24) is 0 Å². The van der Waals surface area contributed by atoms with Crippen LogP contribution in [-0.4, -0.2) is 220 Å². The van der Waals surface area contributed by atoms with Crippen molar-refractivity contribution in [2.75, 3.05) is 19.8 Å². The first-order chi connectivity index (χ1) is 25.3. The van der Waals surface area contributed by atoms with Crippen LogP contribution in [0.3, 0.4) is 0 Å². The second-order valence-electron chi connectivity index (χ2n) is 15.4. The highest BCUT2D eigenvalue weighted by Gasteiger charge is 2.57. The number of rotatable bonds is 10. The van der Waals surface area contributed by atoms with Crippen LogP contribution < -0.4 is 0 Å². The normalized spacial score (nSPS) is 53.9. The first-order valence-electron chi connectivity index (χ1n) is 18.5. The molecule has 6 rings (SSSR count). The van der Waals surface area contributed by atoms with Crippen LogP contribution in [0.4, 0.5) is 0 Å². The third-order valence-electron chi connectivity index (χ3n) is 11.9. The van der Waals surface area contributed by atoms with E-state index < -0.39 is 154 Å². The maximum absolute atomic E-state index is 11.3. The molecule has 21 unspecified atom stereocenters. The van der Waals surface area contributed by atoms with Crippen molar-refractivity contribution in [2.45, 2.75) is 174 Å². The lowest BCUT2D eigenvalue weighted by Crippen LogP contribution is -2.66. The van der Waals surface area contributed by atoms with Crippen molar-refractivity contribution in [1.29, 1.82) is 0 Å². The number of ether oxygens (including phenoxy) is 7. The molecule has 0 aromatic carbocycles. The molecule has 0 aromatic rings. The van der Waals surface area contributed by atoms with Gasteiger partial charge in [-0.15, -0.1) is 0 Å². The smallest absolute Gasteiger partial charge is 0.187 e. The Morgan fingerprint density at radius 1 is 0.472 bits per heavy atom. The van der Waals surface area contributed by atoms with Gasteiger partial charge in [-0.3, -0.25) is 0 Å². The van der Waals surface area contributed by atoms with Gasteiger partial charge in [-0.25, -0.2) is 0 Å². The van der Waals surface area contributed by atoms with Crippen LogP contribution in [0.15, 0.2) is 0 Å². The number of aliphatic hydroxyl groups is 15. The zero-order valence-corrected chi connectivity index (χ0v) is 29.1. The van der Waals surface area contributed by atoms with E-state index in [1.54, 1.807) is 0 Å². The van der Waals surface area contributed by atoms with Crippen molar-refractivity contribution < 1.29 is 99.5 Å². The summed E-state index contributed by atoms with van der Waals surface area (Å²) in [6, 6.07) is 0. The van der Waals surface area contributed by atoms with Gasteiger partial charge in [-0.05, 0) is 32.1 Å². The van der Waals surface area contributed by atoms with Crippen molar-refractivity contribution in [2.24, 2.45) is 11.8 Å². The molecule has 4 aliphatic heterocycles. The Hall–Kier alpha value is -0.800. The summed E-state index contributed by atoms with van der Waals surface area (Å²) in [5.74, 6) is -0.607.